The summed E-state index contributed by atoms with van der Waals surface area (Å²) in [5.74, 6) is -0.331. The summed E-state index contributed by atoms with van der Waals surface area (Å²) >= 11 is 18.3. The van der Waals surface area contributed by atoms with Crippen LogP contribution in [0.25, 0.3) is 0 Å². The lowest BCUT2D eigenvalue weighted by Crippen LogP contribution is -2.85. The molecule has 0 N–H and O–H groups in total. The number of para-hydroxylation sites is 4. The van der Waals surface area contributed by atoms with Crippen LogP contribution in [0.15, 0.2) is 104 Å². The summed E-state index contributed by atoms with van der Waals surface area (Å²) in [7, 11) is -7.31. The summed E-state index contributed by atoms with van der Waals surface area (Å²) in [6, 6.07) is 28.6. The first kappa shape index (κ1) is 39.1. The number of nitrogens with zero attached hydrogens (tertiary/aromatic N) is 4. The maximum Gasteiger partial charge on any atom is 0.339 e. The smallest absolute Gasteiger partial charge is 0.339 e. The molecule has 2 aliphatic heterocycles. The van der Waals surface area contributed by atoms with Crippen LogP contribution in [0.4, 0.5) is 22.7 Å². The number of halogens is 2. The molecule has 5 aromatic rings. The molecule has 7 rings (SSSR count). The highest BCUT2D eigenvalue weighted by molar-refractivity contribution is 7.84. The van der Waals surface area contributed by atoms with Crippen molar-refractivity contribution < 1.29 is 0 Å². The Morgan fingerprint density at radius 2 is 0.582 bits per heavy atom. The average Bonchev–Trinajstić information content (AvgIpc) is 3.62. The van der Waals surface area contributed by atoms with Crippen molar-refractivity contribution in [1.82, 2.24) is 0 Å². The van der Waals surface area contributed by atoms with Gasteiger partial charge in [-0.1, -0.05) is 95.5 Å². The van der Waals surface area contributed by atoms with E-state index in [0.29, 0.717) is 0 Å². The molecule has 0 saturated carbocycles. The zero-order chi connectivity index (χ0) is 39.7. The molecule has 0 unspecified atom stereocenters. The second kappa shape index (κ2) is 14.4. The first-order valence-corrected chi connectivity index (χ1v) is 25.3. The summed E-state index contributed by atoms with van der Waals surface area (Å²) in [4.78, 5) is 0. The lowest BCUT2D eigenvalue weighted by Gasteiger charge is -2.52. The van der Waals surface area contributed by atoms with Gasteiger partial charge in [-0.3, -0.25) is 0 Å². The number of aryl methyl sites for hydroxylation is 10. The third-order valence-corrected chi connectivity index (χ3v) is 25.5. The van der Waals surface area contributed by atoms with Gasteiger partial charge in [-0.05, 0) is 139 Å². The summed E-state index contributed by atoms with van der Waals surface area (Å²) in [6.07, 6.45) is 9.02. The van der Waals surface area contributed by atoms with Gasteiger partial charge < -0.3 is 18.3 Å². The van der Waals surface area contributed by atoms with E-state index in [4.69, 9.17) is 22.2 Å². The van der Waals surface area contributed by atoms with Crippen LogP contribution in [-0.4, -0.2) is 21.1 Å². The molecular weight excluding hydrogens is 746 g/mol. The van der Waals surface area contributed by atoms with Gasteiger partial charge in [0.15, 0.2) is 0 Å². The van der Waals surface area contributed by atoms with Crippen molar-refractivity contribution in [2.24, 2.45) is 0 Å². The van der Waals surface area contributed by atoms with E-state index in [1.807, 2.05) is 0 Å². The Morgan fingerprint density at radius 1 is 0.364 bits per heavy atom. The highest BCUT2D eigenvalue weighted by Gasteiger charge is 2.72. The topological polar surface area (TPSA) is 13.0 Å². The summed E-state index contributed by atoms with van der Waals surface area (Å²) < 4.78 is 9.92. The number of rotatable bonds is 7. The summed E-state index contributed by atoms with van der Waals surface area (Å²) in [5.41, 5.74) is 20.3. The van der Waals surface area contributed by atoms with Gasteiger partial charge in [0.25, 0.3) is 0 Å². The highest BCUT2D eigenvalue weighted by Crippen LogP contribution is 2.50. The van der Waals surface area contributed by atoms with Crippen molar-refractivity contribution in [1.29, 1.82) is 0 Å². The fourth-order valence-electron chi connectivity index (χ4n) is 9.42. The molecule has 0 radical (unpaired) electrons. The Bertz CT molecular complexity index is 2040. The van der Waals surface area contributed by atoms with Gasteiger partial charge in [-0.25, -0.2) is 0 Å². The van der Waals surface area contributed by atoms with Gasteiger partial charge in [0.05, 0.1) is 0 Å². The quantitative estimate of drug-likeness (QED) is 0.120. The number of anilines is 4. The number of benzene rings is 5. The minimum Gasteiger partial charge on any atom is -0.348 e. The summed E-state index contributed by atoms with van der Waals surface area (Å²) in [5, 5.41) is 0. The molecule has 9 heteroatoms. The van der Waals surface area contributed by atoms with Crippen LogP contribution >= 0.6 is 22.2 Å². The normalized spacial score (nSPS) is 15.8. The van der Waals surface area contributed by atoms with Crippen molar-refractivity contribution >= 4 is 71.4 Å². The monoisotopic (exact) mass is 798 g/mol. The van der Waals surface area contributed by atoms with Crippen molar-refractivity contribution in [2.45, 2.75) is 83.1 Å². The van der Waals surface area contributed by atoms with E-state index in [1.54, 1.807) is 0 Å². The molecule has 5 aromatic carbocycles. The highest BCUT2D eigenvalue weighted by atomic mass is 35.6. The average molecular weight is 800 g/mol. The second-order valence-corrected chi connectivity index (χ2v) is 25.5. The van der Waals surface area contributed by atoms with Gasteiger partial charge in [0.2, 0.25) is 0 Å². The van der Waals surface area contributed by atoms with Gasteiger partial charge in [0, 0.05) is 47.5 Å². The molecule has 2 heterocycles. The van der Waals surface area contributed by atoms with E-state index < -0.39 is 15.2 Å². The first-order chi connectivity index (χ1) is 26.0. The number of hydrogen-bond donors (Lipinski definition) is 0. The molecule has 0 amide bonds. The molecule has 0 fully saturated rings. The van der Waals surface area contributed by atoms with Gasteiger partial charge in [0.1, 0.15) is 0 Å². The molecule has 282 valence electrons. The summed E-state index contributed by atoms with van der Waals surface area (Å²) in [6.45, 7) is 26.8. The van der Waals surface area contributed by atoms with E-state index >= 15 is 0 Å². The maximum absolute atomic E-state index is 9.14. The van der Waals surface area contributed by atoms with Crippen molar-refractivity contribution in [3.63, 3.8) is 0 Å². The predicted molar refractivity (Wildman–Crippen MR) is 246 cm³/mol. The molecule has 0 spiro atoms. The molecule has 0 saturated heterocycles. The molecule has 0 bridgehead atoms. The third kappa shape index (κ3) is 6.01. The largest absolute Gasteiger partial charge is 0.348 e. The Kier molecular flexibility index (Phi) is 10.3. The zero-order valence-electron chi connectivity index (χ0n) is 34.4. The molecule has 0 atom stereocenters. The second-order valence-electron chi connectivity index (χ2n) is 15.9. The van der Waals surface area contributed by atoms with E-state index in [9.17, 15) is 0 Å². The van der Waals surface area contributed by atoms with Crippen LogP contribution in [-0.2, 0) is 0 Å². The van der Waals surface area contributed by atoms with E-state index in [-0.39, 0.29) is 5.90 Å². The molecule has 0 aromatic heterocycles. The fraction of sp³-hybridized carbons (Fsp3) is 0.261. The molecule has 4 nitrogen and oxygen atoms in total. The minimum atomic E-state index is -3.65. The fourth-order valence-corrected chi connectivity index (χ4v) is 25.5. The van der Waals surface area contributed by atoms with E-state index in [0.717, 1.165) is 22.7 Å². The Balaban J connectivity index is 1.70. The Labute approximate surface area is 341 Å². The van der Waals surface area contributed by atoms with E-state index in [2.05, 4.69) is 205 Å². The standard InChI is InChI=1S/C46H53BCl2N4Si2/c1-30-17-13-18-31(2)43(30)50-25-26-51(44-32(3)19-14-20-33(44)4)54(50,48)47(42-40(11)38(9)29-39(10)41(42)12)55(49)52(45-34(5)21-15-22-35(45)6)27-28-53(55)46-36(7)23-16-24-37(46)8/h13-29H,1-12H3. The third-order valence-electron chi connectivity index (χ3n) is 12.3. The lowest BCUT2D eigenvalue weighted by atomic mass is 9.79. The van der Waals surface area contributed by atoms with Crippen molar-refractivity contribution in [2.75, 3.05) is 18.3 Å². The maximum atomic E-state index is 9.14. The van der Waals surface area contributed by atoms with Crippen molar-refractivity contribution in [3.05, 3.63) is 170 Å². The Hall–Kier alpha value is -4.14. The van der Waals surface area contributed by atoms with Gasteiger partial charge in [-0.2, -0.15) is 0 Å². The molecular formula is C46H53BCl2N4Si2. The van der Waals surface area contributed by atoms with Crippen LogP contribution in [0.2, 0.25) is 0 Å². The van der Waals surface area contributed by atoms with Crippen LogP contribution in [0.5, 0.6) is 0 Å². The predicted octanol–water partition coefficient (Wildman–Crippen LogP) is 11.6. The lowest BCUT2D eigenvalue weighted by molar-refractivity contribution is 1.25. The first-order valence-electron chi connectivity index (χ1n) is 19.3. The van der Waals surface area contributed by atoms with Crippen LogP contribution in [0, 0.1) is 83.1 Å². The van der Waals surface area contributed by atoms with Crippen LogP contribution < -0.4 is 23.7 Å². The number of hydrogen-bond acceptors (Lipinski definition) is 4. The van der Waals surface area contributed by atoms with E-state index in [1.165, 1.54) is 72.2 Å². The Morgan fingerprint density at radius 3 is 0.800 bits per heavy atom. The zero-order valence-corrected chi connectivity index (χ0v) is 37.9. The van der Waals surface area contributed by atoms with Gasteiger partial charge >= 0.3 is 21.1 Å². The molecule has 0 aliphatic carbocycles. The van der Waals surface area contributed by atoms with Gasteiger partial charge in [-0.15, -0.1) is 22.2 Å². The minimum absolute atomic E-state index is 0.331. The van der Waals surface area contributed by atoms with Crippen molar-refractivity contribution in [3.8, 4) is 0 Å². The SMILES string of the molecule is Cc1cc(C)c(C)c(B([Si]2(Cl)N(c3c(C)cccc3C)C=CN2c2c(C)cccc2C)[Si]2(Cl)N(c3c(C)cccc3C)C=CN2c2c(C)cccc2C)c1C. The molecule has 55 heavy (non-hydrogen) atoms. The van der Waals surface area contributed by atoms with Crippen LogP contribution in [0.1, 0.15) is 66.8 Å². The molecule has 2 aliphatic rings. The van der Waals surface area contributed by atoms with Crippen LogP contribution in [0.3, 0.4) is 0 Å².